The Balaban J connectivity index is 2.34. The van der Waals surface area contributed by atoms with Crippen molar-refractivity contribution in [3.05, 3.63) is 0 Å². The molecule has 0 aromatic rings. The first-order valence-electron chi connectivity index (χ1n) is 5.59. The lowest BCUT2D eigenvalue weighted by Gasteiger charge is -2.26. The molecule has 1 aliphatic rings. The molecule has 14 heavy (non-hydrogen) atoms. The maximum absolute atomic E-state index is 11.4. The van der Waals surface area contributed by atoms with E-state index in [4.69, 9.17) is 4.74 Å². The van der Waals surface area contributed by atoms with E-state index in [1.165, 1.54) is 26.4 Å². The number of rotatable bonds is 4. The van der Waals surface area contributed by atoms with Crippen molar-refractivity contribution in [2.75, 3.05) is 13.7 Å². The van der Waals surface area contributed by atoms with Crippen molar-refractivity contribution in [1.82, 2.24) is 5.32 Å². The monoisotopic (exact) mass is 199 g/mol. The van der Waals surface area contributed by atoms with E-state index in [0.717, 1.165) is 19.4 Å². The van der Waals surface area contributed by atoms with Crippen LogP contribution >= 0.6 is 0 Å². The fourth-order valence-corrected chi connectivity index (χ4v) is 2.06. The van der Waals surface area contributed by atoms with Gasteiger partial charge in [0.2, 0.25) is 0 Å². The fraction of sp³-hybridized carbons (Fsp3) is 0.909. The summed E-state index contributed by atoms with van der Waals surface area (Å²) in [6, 6.07) is 0.521. The molecule has 2 atom stereocenters. The minimum Gasteiger partial charge on any atom is -0.469 e. The molecular weight excluding hydrogens is 178 g/mol. The summed E-state index contributed by atoms with van der Waals surface area (Å²) in [5.41, 5.74) is 0. The Kier molecular flexibility index (Phi) is 4.94. The van der Waals surface area contributed by atoms with Crippen LogP contribution in [-0.4, -0.2) is 25.7 Å². The topological polar surface area (TPSA) is 38.3 Å². The summed E-state index contributed by atoms with van der Waals surface area (Å²) < 4.78 is 4.78. The number of esters is 1. The van der Waals surface area contributed by atoms with Gasteiger partial charge in [-0.15, -0.1) is 0 Å². The van der Waals surface area contributed by atoms with Crippen molar-refractivity contribution in [3.63, 3.8) is 0 Å². The van der Waals surface area contributed by atoms with Crippen LogP contribution in [0.2, 0.25) is 0 Å². The van der Waals surface area contributed by atoms with Gasteiger partial charge in [-0.25, -0.2) is 0 Å². The minimum atomic E-state index is -0.0557. The van der Waals surface area contributed by atoms with Crippen LogP contribution in [-0.2, 0) is 9.53 Å². The fourth-order valence-electron chi connectivity index (χ4n) is 2.06. The predicted octanol–water partition coefficient (Wildman–Crippen LogP) is 1.72. The number of carbonyl (C=O) groups excluding carboxylic acids is 1. The quantitative estimate of drug-likeness (QED) is 0.701. The zero-order chi connectivity index (χ0) is 10.4. The molecule has 0 saturated carbocycles. The third-order valence-corrected chi connectivity index (χ3v) is 3.01. The Hall–Kier alpha value is -0.570. The van der Waals surface area contributed by atoms with Crippen molar-refractivity contribution >= 4 is 5.97 Å². The van der Waals surface area contributed by atoms with Gasteiger partial charge in [-0.1, -0.05) is 13.3 Å². The van der Waals surface area contributed by atoms with E-state index in [1.807, 2.05) is 6.92 Å². The number of hydrogen-bond donors (Lipinski definition) is 1. The van der Waals surface area contributed by atoms with Crippen LogP contribution in [0.4, 0.5) is 0 Å². The van der Waals surface area contributed by atoms with Gasteiger partial charge in [0.25, 0.3) is 0 Å². The molecule has 1 aliphatic heterocycles. The van der Waals surface area contributed by atoms with Crippen LogP contribution in [0.25, 0.3) is 0 Å². The smallest absolute Gasteiger partial charge is 0.308 e. The first kappa shape index (κ1) is 11.5. The normalized spacial score (nSPS) is 24.3. The number of ether oxygens (including phenoxy) is 1. The number of carbonyl (C=O) groups is 1. The summed E-state index contributed by atoms with van der Waals surface area (Å²) in [4.78, 5) is 11.4. The van der Waals surface area contributed by atoms with E-state index in [-0.39, 0.29) is 11.9 Å². The molecule has 82 valence electrons. The third kappa shape index (κ3) is 3.29. The summed E-state index contributed by atoms with van der Waals surface area (Å²) in [5, 5.41) is 3.46. The number of methoxy groups -OCH3 is 1. The minimum absolute atomic E-state index is 0.0557. The SMILES string of the molecule is CCC(CC1CCCCN1)C(=O)OC. The molecule has 1 rings (SSSR count). The van der Waals surface area contributed by atoms with E-state index < -0.39 is 0 Å². The first-order chi connectivity index (χ1) is 6.77. The van der Waals surface area contributed by atoms with Crippen LogP contribution in [0.3, 0.4) is 0 Å². The largest absolute Gasteiger partial charge is 0.469 e. The van der Waals surface area contributed by atoms with Gasteiger partial charge in [0, 0.05) is 6.04 Å². The van der Waals surface area contributed by atoms with Gasteiger partial charge >= 0.3 is 5.97 Å². The van der Waals surface area contributed by atoms with Gasteiger partial charge in [-0.3, -0.25) is 4.79 Å². The van der Waals surface area contributed by atoms with Gasteiger partial charge in [0.1, 0.15) is 0 Å². The molecule has 0 aromatic carbocycles. The van der Waals surface area contributed by atoms with Gasteiger partial charge in [-0.2, -0.15) is 0 Å². The molecule has 0 aromatic heterocycles. The summed E-state index contributed by atoms with van der Waals surface area (Å²) in [6.07, 6.45) is 5.57. The number of hydrogen-bond acceptors (Lipinski definition) is 3. The van der Waals surface area contributed by atoms with Crippen molar-refractivity contribution in [1.29, 1.82) is 0 Å². The van der Waals surface area contributed by atoms with Gasteiger partial charge in [0.05, 0.1) is 13.0 Å². The highest BCUT2D eigenvalue weighted by molar-refractivity contribution is 5.72. The van der Waals surface area contributed by atoms with Crippen LogP contribution in [0, 0.1) is 5.92 Å². The van der Waals surface area contributed by atoms with Gasteiger partial charge < -0.3 is 10.1 Å². The van der Waals surface area contributed by atoms with E-state index in [1.54, 1.807) is 0 Å². The molecule has 2 unspecified atom stereocenters. The molecule has 1 heterocycles. The van der Waals surface area contributed by atoms with E-state index >= 15 is 0 Å². The number of nitrogens with one attached hydrogen (secondary N) is 1. The lowest BCUT2D eigenvalue weighted by atomic mass is 9.92. The lowest BCUT2D eigenvalue weighted by molar-refractivity contribution is -0.146. The average molecular weight is 199 g/mol. The highest BCUT2D eigenvalue weighted by Gasteiger charge is 2.22. The Labute approximate surface area is 86.2 Å². The molecular formula is C11H21NO2. The molecule has 0 bridgehead atoms. The number of piperidine rings is 1. The summed E-state index contributed by atoms with van der Waals surface area (Å²) >= 11 is 0. The molecule has 0 amide bonds. The molecule has 1 saturated heterocycles. The maximum Gasteiger partial charge on any atom is 0.308 e. The third-order valence-electron chi connectivity index (χ3n) is 3.01. The van der Waals surface area contributed by atoms with Crippen molar-refractivity contribution < 1.29 is 9.53 Å². The van der Waals surface area contributed by atoms with Crippen LogP contribution in [0.5, 0.6) is 0 Å². The second-order valence-electron chi connectivity index (χ2n) is 4.01. The predicted molar refractivity (Wildman–Crippen MR) is 56.1 cm³/mol. The molecule has 3 heteroatoms. The molecule has 0 aliphatic carbocycles. The van der Waals surface area contributed by atoms with Crippen LogP contribution in [0.1, 0.15) is 39.0 Å². The molecule has 1 N–H and O–H groups in total. The summed E-state index contributed by atoms with van der Waals surface area (Å²) in [6.45, 7) is 3.15. The standard InChI is InChI=1S/C11H21NO2/c1-3-9(11(13)14-2)8-10-6-4-5-7-12-10/h9-10,12H,3-8H2,1-2H3. The van der Waals surface area contributed by atoms with Crippen LogP contribution < -0.4 is 5.32 Å². The summed E-state index contributed by atoms with van der Waals surface area (Å²) in [7, 11) is 1.47. The second-order valence-corrected chi connectivity index (χ2v) is 4.01. The Morgan fingerprint density at radius 3 is 2.86 bits per heavy atom. The Morgan fingerprint density at radius 1 is 1.57 bits per heavy atom. The highest BCUT2D eigenvalue weighted by atomic mass is 16.5. The molecule has 3 nitrogen and oxygen atoms in total. The van der Waals surface area contributed by atoms with Crippen molar-refractivity contribution in [2.45, 2.75) is 45.1 Å². The molecule has 1 fully saturated rings. The van der Waals surface area contributed by atoms with Gasteiger partial charge in [-0.05, 0) is 32.2 Å². The van der Waals surface area contributed by atoms with E-state index in [0.29, 0.717) is 6.04 Å². The average Bonchev–Trinajstić information content (AvgIpc) is 2.26. The highest BCUT2D eigenvalue weighted by Crippen LogP contribution is 2.18. The van der Waals surface area contributed by atoms with Crippen molar-refractivity contribution in [3.8, 4) is 0 Å². The van der Waals surface area contributed by atoms with Gasteiger partial charge in [0.15, 0.2) is 0 Å². The second kappa shape index (κ2) is 6.02. The first-order valence-corrected chi connectivity index (χ1v) is 5.59. The van der Waals surface area contributed by atoms with Crippen molar-refractivity contribution in [2.24, 2.45) is 5.92 Å². The Morgan fingerprint density at radius 2 is 2.36 bits per heavy atom. The summed E-state index contributed by atoms with van der Waals surface area (Å²) in [5.74, 6) is 0.0236. The Bertz CT molecular complexity index is 176. The molecule has 0 radical (unpaired) electrons. The maximum atomic E-state index is 11.4. The zero-order valence-corrected chi connectivity index (χ0v) is 9.21. The molecule has 0 spiro atoms. The lowest BCUT2D eigenvalue weighted by Crippen LogP contribution is -2.37. The zero-order valence-electron chi connectivity index (χ0n) is 9.21. The van der Waals surface area contributed by atoms with E-state index in [2.05, 4.69) is 5.32 Å². The van der Waals surface area contributed by atoms with Crippen LogP contribution in [0.15, 0.2) is 0 Å². The van der Waals surface area contributed by atoms with E-state index in [9.17, 15) is 4.79 Å².